The van der Waals surface area contributed by atoms with Crippen LogP contribution in [-0.4, -0.2) is 30.2 Å². The summed E-state index contributed by atoms with van der Waals surface area (Å²) in [5.74, 6) is 1.05. The number of hydrogen-bond acceptors (Lipinski definition) is 7. The Balaban J connectivity index is 4.32. The van der Waals surface area contributed by atoms with Gasteiger partial charge in [-0.3, -0.25) is 0 Å². The first-order valence-corrected chi connectivity index (χ1v) is 13.4. The van der Waals surface area contributed by atoms with Gasteiger partial charge in [0, 0.05) is 34.5 Å². The van der Waals surface area contributed by atoms with Gasteiger partial charge in [-0.05, 0) is 26.5 Å². The Bertz CT molecular complexity index is 142. The van der Waals surface area contributed by atoms with Gasteiger partial charge in [-0.15, -0.1) is 11.2 Å². The summed E-state index contributed by atoms with van der Waals surface area (Å²) < 4.78 is 14.6. The van der Waals surface area contributed by atoms with Crippen LogP contribution in [0.2, 0.25) is 0 Å². The molecule has 0 unspecified atom stereocenters. The van der Waals surface area contributed by atoms with Crippen molar-refractivity contribution in [2.24, 2.45) is 0 Å². The molecule has 0 bridgehead atoms. The van der Waals surface area contributed by atoms with Crippen LogP contribution in [0.3, 0.4) is 0 Å². The SMILES string of the molecule is CCOS[Si](SCC)(SOCC)SOCC. The average Bonchev–Trinajstić information content (AvgIpc) is 2.31. The first-order valence-electron chi connectivity index (χ1n) is 5.30. The van der Waals surface area contributed by atoms with Crippen molar-refractivity contribution in [1.29, 1.82) is 0 Å². The molecule has 0 rings (SSSR count). The van der Waals surface area contributed by atoms with Crippen LogP contribution >= 0.6 is 45.7 Å². The van der Waals surface area contributed by atoms with Crippen LogP contribution in [0.4, 0.5) is 0 Å². The third kappa shape index (κ3) is 7.75. The van der Waals surface area contributed by atoms with E-state index in [1.165, 1.54) is 0 Å². The fourth-order valence-corrected chi connectivity index (χ4v) is 15.3. The summed E-state index contributed by atoms with van der Waals surface area (Å²) in [6, 6.07) is 0. The molecule has 0 fully saturated rings. The normalized spacial score (nSPS) is 12.0. The van der Waals surface area contributed by atoms with Gasteiger partial charge in [-0.2, -0.15) is 0 Å². The van der Waals surface area contributed by atoms with E-state index >= 15 is 0 Å². The third-order valence-corrected chi connectivity index (χ3v) is 17.0. The summed E-state index contributed by atoms with van der Waals surface area (Å²) >= 11 is 6.55. The second-order valence-electron chi connectivity index (χ2n) is 2.40. The van der Waals surface area contributed by atoms with Crippen molar-refractivity contribution in [3.05, 3.63) is 0 Å². The molecular formula is C8H20O3S4Si. The van der Waals surface area contributed by atoms with Gasteiger partial charge in [0.2, 0.25) is 0 Å². The molecule has 0 heterocycles. The molecule has 0 spiro atoms. The highest BCUT2D eigenvalue weighted by Crippen LogP contribution is 2.51. The molecule has 0 aromatic rings. The van der Waals surface area contributed by atoms with Crippen molar-refractivity contribution in [2.45, 2.75) is 27.7 Å². The van der Waals surface area contributed by atoms with Gasteiger partial charge in [0.15, 0.2) is 0 Å². The topological polar surface area (TPSA) is 27.7 Å². The molecule has 0 saturated heterocycles. The summed E-state index contributed by atoms with van der Waals surface area (Å²) in [6.45, 7) is 10.3. The maximum atomic E-state index is 5.50. The number of rotatable bonds is 11. The van der Waals surface area contributed by atoms with Crippen LogP contribution in [0.5, 0.6) is 0 Å². The van der Waals surface area contributed by atoms with Crippen LogP contribution < -0.4 is 0 Å². The minimum Gasteiger partial charge on any atom is -0.319 e. The monoisotopic (exact) mass is 320 g/mol. The lowest BCUT2D eigenvalue weighted by atomic mass is 10.9. The Kier molecular flexibility index (Phi) is 12.7. The Morgan fingerprint density at radius 3 is 1.38 bits per heavy atom. The summed E-state index contributed by atoms with van der Waals surface area (Å²) in [5.41, 5.74) is 0. The fraction of sp³-hybridized carbons (Fsp3) is 1.00. The lowest BCUT2D eigenvalue weighted by molar-refractivity contribution is 0.402. The Labute approximate surface area is 116 Å². The van der Waals surface area contributed by atoms with Gasteiger partial charge in [0.1, 0.15) is 0 Å². The molecule has 98 valence electrons. The van der Waals surface area contributed by atoms with Crippen molar-refractivity contribution in [3.63, 3.8) is 0 Å². The molecular weight excluding hydrogens is 300 g/mol. The summed E-state index contributed by atoms with van der Waals surface area (Å²) in [5, 5.41) is 0. The molecule has 0 aliphatic heterocycles. The highest BCUT2D eigenvalue weighted by Gasteiger charge is 2.41. The smallest absolute Gasteiger partial charge is 0.319 e. The maximum Gasteiger partial charge on any atom is 0.386 e. The number of hydrogen-bond donors (Lipinski definition) is 0. The predicted octanol–water partition coefficient (Wildman–Crippen LogP) is 4.23. The molecule has 0 aliphatic carbocycles. The van der Waals surface area contributed by atoms with E-state index < -0.39 is 4.67 Å². The molecule has 16 heavy (non-hydrogen) atoms. The van der Waals surface area contributed by atoms with Crippen LogP contribution in [-0.2, 0) is 12.5 Å². The van der Waals surface area contributed by atoms with Crippen molar-refractivity contribution >= 4 is 50.4 Å². The van der Waals surface area contributed by atoms with Crippen LogP contribution in [0, 0.1) is 0 Å². The minimum atomic E-state index is -1.86. The molecule has 0 aliphatic rings. The molecule has 0 atom stereocenters. The molecule has 0 N–H and O–H groups in total. The van der Waals surface area contributed by atoms with Gasteiger partial charge in [-0.25, -0.2) is 0 Å². The molecule has 3 nitrogen and oxygen atoms in total. The van der Waals surface area contributed by atoms with Gasteiger partial charge in [-0.1, -0.05) is 6.92 Å². The highest BCUT2D eigenvalue weighted by molar-refractivity contribution is 8.98. The van der Waals surface area contributed by atoms with Crippen LogP contribution in [0.1, 0.15) is 27.7 Å². The predicted molar refractivity (Wildman–Crippen MR) is 81.5 cm³/mol. The lowest BCUT2D eigenvalue weighted by Gasteiger charge is -2.24. The zero-order chi connectivity index (χ0) is 12.3. The van der Waals surface area contributed by atoms with E-state index in [-0.39, 0.29) is 0 Å². The zero-order valence-electron chi connectivity index (χ0n) is 10.2. The highest BCUT2D eigenvalue weighted by atomic mass is 32.9. The Morgan fingerprint density at radius 2 is 1.12 bits per heavy atom. The summed E-state index contributed by atoms with van der Waals surface area (Å²) in [6.07, 6.45) is 0. The van der Waals surface area contributed by atoms with Gasteiger partial charge in [0.25, 0.3) is 0 Å². The maximum absolute atomic E-state index is 5.50. The fourth-order valence-electron chi connectivity index (χ4n) is 0.684. The van der Waals surface area contributed by atoms with Gasteiger partial charge in [0.05, 0.1) is 19.8 Å². The van der Waals surface area contributed by atoms with E-state index in [0.29, 0.717) is 19.8 Å². The van der Waals surface area contributed by atoms with E-state index in [0.717, 1.165) is 5.75 Å². The Hall–Kier alpha value is 1.50. The second-order valence-corrected chi connectivity index (χ2v) is 19.8. The first kappa shape index (κ1) is 17.5. The van der Waals surface area contributed by atoms with Gasteiger partial charge >= 0.3 is 4.67 Å². The van der Waals surface area contributed by atoms with Crippen molar-refractivity contribution in [3.8, 4) is 0 Å². The molecule has 8 heteroatoms. The minimum absolute atomic E-state index is 0.711. The van der Waals surface area contributed by atoms with E-state index in [4.69, 9.17) is 12.5 Å². The van der Waals surface area contributed by atoms with E-state index in [9.17, 15) is 0 Å². The quantitative estimate of drug-likeness (QED) is 0.415. The molecule has 0 aromatic heterocycles. The first-order chi connectivity index (χ1) is 7.74. The Morgan fingerprint density at radius 1 is 0.750 bits per heavy atom. The summed E-state index contributed by atoms with van der Waals surface area (Å²) in [4.78, 5) is 0. The summed E-state index contributed by atoms with van der Waals surface area (Å²) in [7, 11) is 0. The van der Waals surface area contributed by atoms with Crippen molar-refractivity contribution in [1.82, 2.24) is 0 Å². The van der Waals surface area contributed by atoms with Gasteiger partial charge < -0.3 is 12.5 Å². The lowest BCUT2D eigenvalue weighted by Crippen LogP contribution is -2.20. The molecule has 0 saturated carbocycles. The molecule has 0 amide bonds. The van der Waals surface area contributed by atoms with Crippen LogP contribution in [0.15, 0.2) is 0 Å². The van der Waals surface area contributed by atoms with Crippen molar-refractivity contribution < 1.29 is 12.5 Å². The largest absolute Gasteiger partial charge is 0.386 e. The third-order valence-electron chi connectivity index (χ3n) is 1.16. The zero-order valence-corrected chi connectivity index (χ0v) is 14.5. The van der Waals surface area contributed by atoms with Crippen LogP contribution in [0.25, 0.3) is 0 Å². The molecule has 0 aromatic carbocycles. The van der Waals surface area contributed by atoms with E-state index in [1.807, 2.05) is 32.0 Å². The second kappa shape index (κ2) is 11.6. The average molecular weight is 321 g/mol. The van der Waals surface area contributed by atoms with E-state index in [2.05, 4.69) is 6.92 Å². The van der Waals surface area contributed by atoms with E-state index in [1.54, 1.807) is 34.5 Å². The molecule has 0 radical (unpaired) electrons. The standard InChI is InChI=1S/C8H20O3S4Si/c1-5-9-13-16(12-8-4,14-10-6-2)15-11-7-3/h5-8H2,1-4H3. The van der Waals surface area contributed by atoms with Crippen molar-refractivity contribution in [2.75, 3.05) is 25.6 Å².